The van der Waals surface area contributed by atoms with Gasteiger partial charge in [0, 0.05) is 0 Å². The maximum absolute atomic E-state index is 12.3. The number of nitrogens with one attached hydrogen (secondary N) is 1. The summed E-state index contributed by atoms with van der Waals surface area (Å²) in [5.74, 6) is 0.114. The molecule has 0 fully saturated rings. The Labute approximate surface area is 126 Å². The van der Waals surface area contributed by atoms with Crippen molar-refractivity contribution in [3.63, 3.8) is 0 Å². The van der Waals surface area contributed by atoms with E-state index in [4.69, 9.17) is 0 Å². The second-order valence-electron chi connectivity index (χ2n) is 5.73. The van der Waals surface area contributed by atoms with E-state index in [1.165, 1.54) is 24.0 Å². The minimum absolute atomic E-state index is 0.114. The largest absolute Gasteiger partial charge is 0.349 e. The van der Waals surface area contributed by atoms with Crippen LogP contribution in [0.25, 0.3) is 0 Å². The monoisotopic (exact) mass is 279 g/mol. The first-order chi connectivity index (χ1) is 10.3. The second kappa shape index (κ2) is 6.57. The average Bonchev–Trinajstić information content (AvgIpc) is 2.71. The lowest BCUT2D eigenvalue weighted by molar-refractivity contribution is -0.121. The molecule has 0 radical (unpaired) electrons. The van der Waals surface area contributed by atoms with Crippen LogP contribution in [-0.2, 0) is 17.6 Å². The maximum atomic E-state index is 12.3. The number of hydrogen-bond donors (Lipinski definition) is 1. The van der Waals surface area contributed by atoms with Crippen molar-refractivity contribution in [2.45, 2.75) is 38.1 Å². The second-order valence-corrected chi connectivity index (χ2v) is 5.73. The van der Waals surface area contributed by atoms with E-state index in [0.29, 0.717) is 6.42 Å². The van der Waals surface area contributed by atoms with Gasteiger partial charge in [-0.1, -0.05) is 61.0 Å². The number of hydrogen-bond acceptors (Lipinski definition) is 1. The molecule has 1 aliphatic rings. The van der Waals surface area contributed by atoms with Gasteiger partial charge in [-0.05, 0) is 36.0 Å². The van der Waals surface area contributed by atoms with Gasteiger partial charge in [-0.15, -0.1) is 0 Å². The molecule has 3 rings (SSSR count). The van der Waals surface area contributed by atoms with Gasteiger partial charge < -0.3 is 5.32 Å². The molecule has 2 heteroatoms. The Morgan fingerprint density at radius 3 is 2.62 bits per heavy atom. The molecule has 1 amide bonds. The van der Waals surface area contributed by atoms with Crippen LogP contribution in [0.5, 0.6) is 0 Å². The van der Waals surface area contributed by atoms with Gasteiger partial charge in [0.25, 0.3) is 0 Å². The molecule has 0 bridgehead atoms. The standard InChI is InChI=1S/C19H21NO/c21-19(14-15-8-2-1-3-9-15)20-18-13-7-5-11-16-10-4-6-12-17(16)18/h1-4,6,8-10,12,18H,5,7,11,13-14H2,(H,20,21). The number of carbonyl (C=O) groups excluding carboxylic acids is 1. The third kappa shape index (κ3) is 3.52. The fourth-order valence-corrected chi connectivity index (χ4v) is 3.10. The van der Waals surface area contributed by atoms with Gasteiger partial charge in [-0.3, -0.25) is 4.79 Å². The van der Waals surface area contributed by atoms with Gasteiger partial charge in [0.15, 0.2) is 0 Å². The smallest absolute Gasteiger partial charge is 0.224 e. The SMILES string of the molecule is O=C(Cc1ccccc1)NC1CCCCc2ccccc21. The lowest BCUT2D eigenvalue weighted by atomic mass is 9.99. The van der Waals surface area contributed by atoms with E-state index in [2.05, 4.69) is 29.6 Å². The molecular formula is C19H21NO. The summed E-state index contributed by atoms with van der Waals surface area (Å²) in [4.78, 5) is 12.3. The summed E-state index contributed by atoms with van der Waals surface area (Å²) >= 11 is 0. The van der Waals surface area contributed by atoms with Gasteiger partial charge in [0.05, 0.1) is 12.5 Å². The number of fused-ring (bicyclic) bond motifs is 1. The van der Waals surface area contributed by atoms with E-state index in [1.54, 1.807) is 0 Å². The Morgan fingerprint density at radius 2 is 1.76 bits per heavy atom. The van der Waals surface area contributed by atoms with E-state index in [0.717, 1.165) is 18.4 Å². The van der Waals surface area contributed by atoms with Crippen LogP contribution in [0.15, 0.2) is 54.6 Å². The van der Waals surface area contributed by atoms with Crippen LogP contribution in [0, 0.1) is 0 Å². The van der Waals surface area contributed by atoms with Crippen molar-refractivity contribution >= 4 is 5.91 Å². The number of rotatable bonds is 3. The van der Waals surface area contributed by atoms with E-state index >= 15 is 0 Å². The average molecular weight is 279 g/mol. The van der Waals surface area contributed by atoms with Crippen LogP contribution in [-0.4, -0.2) is 5.91 Å². The first kappa shape index (κ1) is 13.9. The van der Waals surface area contributed by atoms with Crippen molar-refractivity contribution < 1.29 is 4.79 Å². The summed E-state index contributed by atoms with van der Waals surface area (Å²) in [6, 6.07) is 18.6. The van der Waals surface area contributed by atoms with Crippen molar-refractivity contribution in [3.05, 3.63) is 71.3 Å². The number of aryl methyl sites for hydroxylation is 1. The Bertz CT molecular complexity index is 606. The number of amides is 1. The van der Waals surface area contributed by atoms with Gasteiger partial charge >= 0.3 is 0 Å². The predicted molar refractivity (Wildman–Crippen MR) is 85.0 cm³/mol. The van der Waals surface area contributed by atoms with Crippen molar-refractivity contribution in [2.24, 2.45) is 0 Å². The van der Waals surface area contributed by atoms with Crippen LogP contribution < -0.4 is 5.32 Å². The topological polar surface area (TPSA) is 29.1 Å². The molecule has 0 saturated carbocycles. The summed E-state index contributed by atoms with van der Waals surface area (Å²) in [5.41, 5.74) is 3.76. The van der Waals surface area contributed by atoms with Gasteiger partial charge in [-0.2, -0.15) is 0 Å². The first-order valence-corrected chi connectivity index (χ1v) is 7.74. The van der Waals surface area contributed by atoms with Crippen molar-refractivity contribution in [1.29, 1.82) is 0 Å². The molecule has 21 heavy (non-hydrogen) atoms. The van der Waals surface area contributed by atoms with E-state index in [-0.39, 0.29) is 11.9 Å². The minimum Gasteiger partial charge on any atom is -0.349 e. The molecule has 2 aromatic rings. The van der Waals surface area contributed by atoms with Crippen LogP contribution in [0.2, 0.25) is 0 Å². The lowest BCUT2D eigenvalue weighted by Crippen LogP contribution is -2.30. The molecule has 1 unspecified atom stereocenters. The Hall–Kier alpha value is -2.09. The highest BCUT2D eigenvalue weighted by atomic mass is 16.1. The van der Waals surface area contributed by atoms with Gasteiger partial charge in [0.1, 0.15) is 0 Å². The first-order valence-electron chi connectivity index (χ1n) is 7.74. The zero-order valence-electron chi connectivity index (χ0n) is 12.2. The Kier molecular flexibility index (Phi) is 4.34. The fourth-order valence-electron chi connectivity index (χ4n) is 3.10. The van der Waals surface area contributed by atoms with Crippen molar-refractivity contribution in [2.75, 3.05) is 0 Å². The zero-order valence-corrected chi connectivity index (χ0v) is 12.2. The number of benzene rings is 2. The molecule has 0 saturated heterocycles. The highest BCUT2D eigenvalue weighted by molar-refractivity contribution is 5.79. The summed E-state index contributed by atoms with van der Waals surface area (Å²) in [7, 11) is 0. The normalized spacial score (nSPS) is 17.6. The predicted octanol–water partition coefficient (Wildman–Crippen LogP) is 3.81. The summed E-state index contributed by atoms with van der Waals surface area (Å²) in [5, 5.41) is 3.22. The Morgan fingerprint density at radius 1 is 1.00 bits per heavy atom. The van der Waals surface area contributed by atoms with E-state index < -0.39 is 0 Å². The third-order valence-electron chi connectivity index (χ3n) is 4.16. The van der Waals surface area contributed by atoms with Crippen LogP contribution in [0.3, 0.4) is 0 Å². The highest BCUT2D eigenvalue weighted by Crippen LogP contribution is 2.28. The maximum Gasteiger partial charge on any atom is 0.224 e. The molecule has 1 aliphatic carbocycles. The minimum atomic E-state index is 0.114. The zero-order chi connectivity index (χ0) is 14.5. The van der Waals surface area contributed by atoms with Gasteiger partial charge in [0.2, 0.25) is 5.91 Å². The van der Waals surface area contributed by atoms with E-state index in [1.807, 2.05) is 30.3 Å². The molecule has 0 aromatic heterocycles. The fraction of sp³-hybridized carbons (Fsp3) is 0.316. The summed E-state index contributed by atoms with van der Waals surface area (Å²) < 4.78 is 0. The highest BCUT2D eigenvalue weighted by Gasteiger charge is 2.19. The molecule has 108 valence electrons. The van der Waals surface area contributed by atoms with E-state index in [9.17, 15) is 4.79 Å². The van der Waals surface area contributed by atoms with Crippen LogP contribution in [0.4, 0.5) is 0 Å². The summed E-state index contributed by atoms with van der Waals surface area (Å²) in [6.45, 7) is 0. The molecular weight excluding hydrogens is 258 g/mol. The quantitative estimate of drug-likeness (QED) is 0.850. The molecule has 2 aromatic carbocycles. The van der Waals surface area contributed by atoms with Gasteiger partial charge in [-0.25, -0.2) is 0 Å². The summed E-state index contributed by atoms with van der Waals surface area (Å²) in [6.07, 6.45) is 5.01. The lowest BCUT2D eigenvalue weighted by Gasteiger charge is -2.19. The Balaban J connectivity index is 1.71. The third-order valence-corrected chi connectivity index (χ3v) is 4.16. The van der Waals surface area contributed by atoms with Crippen LogP contribution in [0.1, 0.15) is 42.0 Å². The van der Waals surface area contributed by atoms with Crippen molar-refractivity contribution in [1.82, 2.24) is 5.32 Å². The molecule has 1 atom stereocenters. The molecule has 0 heterocycles. The number of carbonyl (C=O) groups is 1. The molecule has 0 spiro atoms. The molecule has 1 N–H and O–H groups in total. The molecule has 2 nitrogen and oxygen atoms in total. The molecule has 0 aliphatic heterocycles. The van der Waals surface area contributed by atoms with Crippen molar-refractivity contribution in [3.8, 4) is 0 Å². The van der Waals surface area contributed by atoms with Crippen LogP contribution >= 0.6 is 0 Å².